The van der Waals surface area contributed by atoms with Crippen molar-refractivity contribution in [3.63, 3.8) is 0 Å². The molecule has 0 radical (unpaired) electrons. The third kappa shape index (κ3) is 5.07. The Kier molecular flexibility index (Phi) is 6.34. The molecular weight excluding hydrogens is 286 g/mol. The van der Waals surface area contributed by atoms with E-state index < -0.39 is 10.0 Å². The van der Waals surface area contributed by atoms with Gasteiger partial charge in [0.05, 0.1) is 4.90 Å². The van der Waals surface area contributed by atoms with Crippen molar-refractivity contribution in [2.45, 2.75) is 38.3 Å². The van der Waals surface area contributed by atoms with E-state index in [4.69, 9.17) is 5.73 Å². The topological polar surface area (TPSA) is 75.4 Å². The summed E-state index contributed by atoms with van der Waals surface area (Å²) in [4.78, 5) is 2.30. The molecule has 1 aromatic carbocycles. The van der Waals surface area contributed by atoms with Gasteiger partial charge in [-0.3, -0.25) is 0 Å². The van der Waals surface area contributed by atoms with E-state index in [0.717, 1.165) is 11.1 Å². The lowest BCUT2D eigenvalue weighted by atomic mass is 10.1. The van der Waals surface area contributed by atoms with Crippen LogP contribution in [0.2, 0.25) is 0 Å². The fourth-order valence-electron chi connectivity index (χ4n) is 2.10. The van der Waals surface area contributed by atoms with Gasteiger partial charge in [0.25, 0.3) is 0 Å². The highest BCUT2D eigenvalue weighted by Gasteiger charge is 2.24. The summed E-state index contributed by atoms with van der Waals surface area (Å²) in [6.45, 7) is 6.81. The first-order valence-corrected chi connectivity index (χ1v) is 8.62. The van der Waals surface area contributed by atoms with Crippen LogP contribution in [0.5, 0.6) is 0 Å². The highest BCUT2D eigenvalue weighted by molar-refractivity contribution is 7.89. The SMILES string of the molecule is Cc1ccc(CN)cc1S(=O)(=O)NC(CN(C)C)C(C)C. The van der Waals surface area contributed by atoms with Crippen LogP contribution >= 0.6 is 0 Å². The van der Waals surface area contributed by atoms with Crippen LogP contribution in [-0.4, -0.2) is 40.0 Å². The van der Waals surface area contributed by atoms with Gasteiger partial charge in [0.1, 0.15) is 0 Å². The molecule has 120 valence electrons. The van der Waals surface area contributed by atoms with Crippen molar-refractivity contribution < 1.29 is 8.42 Å². The van der Waals surface area contributed by atoms with E-state index in [1.54, 1.807) is 19.1 Å². The van der Waals surface area contributed by atoms with E-state index in [1.165, 1.54) is 0 Å². The van der Waals surface area contributed by atoms with E-state index in [-0.39, 0.29) is 12.0 Å². The molecule has 0 spiro atoms. The summed E-state index contributed by atoms with van der Waals surface area (Å²) in [5, 5.41) is 0. The van der Waals surface area contributed by atoms with E-state index in [2.05, 4.69) is 4.72 Å². The summed E-state index contributed by atoms with van der Waals surface area (Å²) in [6, 6.07) is 5.18. The molecule has 0 bridgehead atoms. The lowest BCUT2D eigenvalue weighted by molar-refractivity contribution is 0.314. The molecular formula is C15H27N3O2S. The van der Waals surface area contributed by atoms with Crippen molar-refractivity contribution in [1.82, 2.24) is 9.62 Å². The third-order valence-electron chi connectivity index (χ3n) is 3.45. The summed E-state index contributed by atoms with van der Waals surface area (Å²) >= 11 is 0. The van der Waals surface area contributed by atoms with E-state index >= 15 is 0 Å². The normalized spacial score (nSPS) is 13.9. The fourth-order valence-corrected chi connectivity index (χ4v) is 3.77. The predicted octanol–water partition coefficient (Wildman–Crippen LogP) is 1.32. The quantitative estimate of drug-likeness (QED) is 0.796. The molecule has 0 amide bonds. The van der Waals surface area contributed by atoms with Crippen LogP contribution in [0.3, 0.4) is 0 Å². The molecule has 1 rings (SSSR count). The maximum Gasteiger partial charge on any atom is 0.241 e. The van der Waals surface area contributed by atoms with Gasteiger partial charge in [-0.2, -0.15) is 0 Å². The van der Waals surface area contributed by atoms with Crippen molar-refractivity contribution in [2.24, 2.45) is 11.7 Å². The minimum absolute atomic E-state index is 0.133. The molecule has 1 aromatic rings. The molecule has 5 nitrogen and oxygen atoms in total. The van der Waals surface area contributed by atoms with E-state index in [0.29, 0.717) is 18.0 Å². The lowest BCUT2D eigenvalue weighted by Gasteiger charge is -2.25. The van der Waals surface area contributed by atoms with Gasteiger partial charge >= 0.3 is 0 Å². The zero-order chi connectivity index (χ0) is 16.2. The maximum absolute atomic E-state index is 12.6. The Morgan fingerprint density at radius 1 is 1.29 bits per heavy atom. The summed E-state index contributed by atoms with van der Waals surface area (Å²) in [6.07, 6.45) is 0. The van der Waals surface area contributed by atoms with Gasteiger partial charge in [0.15, 0.2) is 0 Å². The van der Waals surface area contributed by atoms with E-state index in [1.807, 2.05) is 38.9 Å². The van der Waals surface area contributed by atoms with Crippen molar-refractivity contribution in [3.05, 3.63) is 29.3 Å². The number of benzene rings is 1. The second-order valence-electron chi connectivity index (χ2n) is 6.04. The van der Waals surface area contributed by atoms with Crippen LogP contribution in [-0.2, 0) is 16.6 Å². The van der Waals surface area contributed by atoms with E-state index in [9.17, 15) is 8.42 Å². The van der Waals surface area contributed by atoms with Crippen LogP contribution in [0.1, 0.15) is 25.0 Å². The smallest absolute Gasteiger partial charge is 0.241 e. The first-order chi connectivity index (χ1) is 9.67. The van der Waals surface area contributed by atoms with Crippen molar-refractivity contribution in [2.75, 3.05) is 20.6 Å². The van der Waals surface area contributed by atoms with Crippen LogP contribution in [0.15, 0.2) is 23.1 Å². The molecule has 0 aliphatic rings. The summed E-state index contributed by atoms with van der Waals surface area (Å²) in [5.74, 6) is 0.208. The Balaban J connectivity index is 3.10. The summed E-state index contributed by atoms with van der Waals surface area (Å²) < 4.78 is 28.1. The van der Waals surface area contributed by atoms with Crippen molar-refractivity contribution in [3.8, 4) is 0 Å². The van der Waals surface area contributed by atoms with Crippen molar-refractivity contribution in [1.29, 1.82) is 0 Å². The molecule has 1 unspecified atom stereocenters. The number of hydrogen-bond donors (Lipinski definition) is 2. The number of rotatable bonds is 7. The molecule has 0 aliphatic heterocycles. The molecule has 3 N–H and O–H groups in total. The molecule has 0 saturated heterocycles. The predicted molar refractivity (Wildman–Crippen MR) is 86.6 cm³/mol. The van der Waals surface area contributed by atoms with Gasteiger partial charge in [-0.1, -0.05) is 26.0 Å². The van der Waals surface area contributed by atoms with Gasteiger partial charge in [-0.15, -0.1) is 0 Å². The van der Waals surface area contributed by atoms with Crippen LogP contribution in [0.4, 0.5) is 0 Å². The van der Waals surface area contributed by atoms with Crippen molar-refractivity contribution >= 4 is 10.0 Å². The summed E-state index contributed by atoms with van der Waals surface area (Å²) in [7, 11) is 0.323. The minimum Gasteiger partial charge on any atom is -0.326 e. The van der Waals surface area contributed by atoms with Gasteiger partial charge in [-0.05, 0) is 44.1 Å². The number of nitrogens with two attached hydrogens (primary N) is 1. The Bertz CT molecular complexity index is 568. The number of nitrogens with one attached hydrogen (secondary N) is 1. The lowest BCUT2D eigenvalue weighted by Crippen LogP contribution is -2.45. The maximum atomic E-state index is 12.6. The number of aryl methyl sites for hydroxylation is 1. The van der Waals surface area contributed by atoms with Gasteiger partial charge in [0, 0.05) is 19.1 Å². The number of hydrogen-bond acceptors (Lipinski definition) is 4. The Morgan fingerprint density at radius 3 is 2.38 bits per heavy atom. The molecule has 6 heteroatoms. The highest BCUT2D eigenvalue weighted by Crippen LogP contribution is 2.18. The average molecular weight is 313 g/mol. The zero-order valence-electron chi connectivity index (χ0n) is 13.6. The Morgan fingerprint density at radius 2 is 1.90 bits per heavy atom. The van der Waals surface area contributed by atoms with Crippen LogP contribution in [0, 0.1) is 12.8 Å². The summed E-state index contributed by atoms with van der Waals surface area (Å²) in [5.41, 5.74) is 7.15. The van der Waals surface area contributed by atoms with Gasteiger partial charge in [0.2, 0.25) is 10.0 Å². The fraction of sp³-hybridized carbons (Fsp3) is 0.600. The monoisotopic (exact) mass is 313 g/mol. The molecule has 0 heterocycles. The molecule has 0 saturated carbocycles. The molecule has 0 aliphatic carbocycles. The third-order valence-corrected chi connectivity index (χ3v) is 5.08. The molecule has 21 heavy (non-hydrogen) atoms. The Hall–Kier alpha value is -0.950. The number of nitrogens with zero attached hydrogens (tertiary/aromatic N) is 1. The second kappa shape index (κ2) is 7.35. The van der Waals surface area contributed by atoms with Crippen LogP contribution in [0.25, 0.3) is 0 Å². The van der Waals surface area contributed by atoms with Crippen LogP contribution < -0.4 is 10.5 Å². The van der Waals surface area contributed by atoms with Gasteiger partial charge in [-0.25, -0.2) is 13.1 Å². The number of sulfonamides is 1. The number of likely N-dealkylation sites (N-methyl/N-ethyl adjacent to an activating group) is 1. The zero-order valence-corrected chi connectivity index (χ0v) is 14.4. The average Bonchev–Trinajstić information content (AvgIpc) is 2.37. The first kappa shape index (κ1) is 18.1. The van der Waals surface area contributed by atoms with Gasteiger partial charge < -0.3 is 10.6 Å². The standard InChI is InChI=1S/C15H27N3O2S/c1-11(2)14(10-18(4)5)17-21(19,20)15-8-13(9-16)7-6-12(15)3/h6-8,11,14,17H,9-10,16H2,1-5H3. The molecule has 1 atom stereocenters. The first-order valence-electron chi connectivity index (χ1n) is 7.14. The minimum atomic E-state index is -3.55. The molecule has 0 fully saturated rings. The highest BCUT2D eigenvalue weighted by atomic mass is 32.2. The molecule has 0 aromatic heterocycles. The Labute approximate surface area is 128 Å². The second-order valence-corrected chi connectivity index (χ2v) is 7.72. The largest absolute Gasteiger partial charge is 0.326 e.